The molecule has 1 saturated heterocycles. The van der Waals surface area contributed by atoms with Gasteiger partial charge in [0.05, 0.1) is 5.69 Å². The molecule has 0 radical (unpaired) electrons. The van der Waals surface area contributed by atoms with Crippen LogP contribution in [0.2, 0.25) is 0 Å². The summed E-state index contributed by atoms with van der Waals surface area (Å²) in [4.78, 5) is 20.5. The number of carbonyl (C=O) groups excluding carboxylic acids is 1. The molecule has 0 aromatic carbocycles. The minimum atomic E-state index is -0.225. The Morgan fingerprint density at radius 1 is 1.43 bits per heavy atom. The average molecular weight is 304 g/mol. The monoisotopic (exact) mass is 304 g/mol. The summed E-state index contributed by atoms with van der Waals surface area (Å²) in [6.45, 7) is 1.56. The summed E-state index contributed by atoms with van der Waals surface area (Å²) >= 11 is 1.44. The molecule has 1 aliphatic rings. The first-order valence-electron chi connectivity index (χ1n) is 6.78. The van der Waals surface area contributed by atoms with Crippen molar-refractivity contribution in [1.29, 1.82) is 0 Å². The highest BCUT2D eigenvalue weighted by atomic mass is 32.1. The van der Waals surface area contributed by atoms with E-state index in [9.17, 15) is 4.79 Å². The van der Waals surface area contributed by atoms with Crippen molar-refractivity contribution in [3.63, 3.8) is 0 Å². The fourth-order valence-electron chi connectivity index (χ4n) is 2.28. The van der Waals surface area contributed by atoms with Crippen molar-refractivity contribution in [2.45, 2.75) is 18.8 Å². The Bertz CT molecular complexity index is 637. The minimum absolute atomic E-state index is 0.225. The molecule has 1 amide bonds. The van der Waals surface area contributed by atoms with Crippen LogP contribution in [-0.2, 0) is 4.74 Å². The van der Waals surface area contributed by atoms with Crippen LogP contribution in [-0.4, -0.2) is 29.1 Å². The highest BCUT2D eigenvalue weighted by Gasteiger charge is 2.19. The molecule has 2 aromatic heterocycles. The van der Waals surface area contributed by atoms with Crippen molar-refractivity contribution in [3.05, 3.63) is 35.0 Å². The molecule has 21 heavy (non-hydrogen) atoms. The topological polar surface area (TPSA) is 90.1 Å². The number of nitrogen functional groups attached to an aromatic ring is 1. The summed E-state index contributed by atoms with van der Waals surface area (Å²) in [5.41, 5.74) is 7.09. The number of rotatable bonds is 3. The van der Waals surface area contributed by atoms with Gasteiger partial charge in [-0.25, -0.2) is 9.97 Å². The second-order valence-corrected chi connectivity index (χ2v) is 5.75. The third-order valence-electron chi connectivity index (χ3n) is 3.43. The Balaban J connectivity index is 1.68. The number of ether oxygens (including phenoxy) is 1. The van der Waals surface area contributed by atoms with Gasteiger partial charge < -0.3 is 10.5 Å². The third kappa shape index (κ3) is 3.37. The summed E-state index contributed by atoms with van der Waals surface area (Å²) in [6.07, 6.45) is 3.48. The number of hydrogen-bond donors (Lipinski definition) is 2. The molecule has 6 nitrogen and oxygen atoms in total. The zero-order valence-electron chi connectivity index (χ0n) is 11.4. The van der Waals surface area contributed by atoms with Gasteiger partial charge in [-0.2, -0.15) is 0 Å². The van der Waals surface area contributed by atoms with Crippen LogP contribution < -0.4 is 11.1 Å². The lowest BCUT2D eigenvalue weighted by Crippen LogP contribution is -2.15. The molecule has 0 atom stereocenters. The van der Waals surface area contributed by atoms with E-state index >= 15 is 0 Å². The standard InChI is InChI=1S/C14H16N4O2S/c15-12-7-10(1-4-16-12)13(19)18-14-17-11(8-21-14)9-2-5-20-6-3-9/h1,4,7-9H,2-3,5-6H2,(H2,15,16)(H,17,18,19). The molecule has 1 fully saturated rings. The van der Waals surface area contributed by atoms with Crippen molar-refractivity contribution in [3.8, 4) is 0 Å². The number of anilines is 2. The van der Waals surface area contributed by atoms with E-state index in [1.165, 1.54) is 17.5 Å². The molecule has 0 spiro atoms. The normalized spacial score (nSPS) is 15.8. The number of aromatic nitrogens is 2. The molecule has 110 valence electrons. The van der Waals surface area contributed by atoms with Gasteiger partial charge in [-0.3, -0.25) is 10.1 Å². The lowest BCUT2D eigenvalue weighted by Gasteiger charge is -2.19. The summed E-state index contributed by atoms with van der Waals surface area (Å²) in [7, 11) is 0. The fraction of sp³-hybridized carbons (Fsp3) is 0.357. The number of nitrogens with two attached hydrogens (primary N) is 1. The SMILES string of the molecule is Nc1cc(C(=O)Nc2nc(C3CCOCC3)cs2)ccn1. The Labute approximate surface area is 126 Å². The van der Waals surface area contributed by atoms with Crippen molar-refractivity contribution in [2.75, 3.05) is 24.3 Å². The van der Waals surface area contributed by atoms with E-state index in [2.05, 4.69) is 15.3 Å². The van der Waals surface area contributed by atoms with E-state index in [-0.39, 0.29) is 5.91 Å². The number of carbonyl (C=O) groups is 1. The molecule has 0 saturated carbocycles. The van der Waals surface area contributed by atoms with Crippen LogP contribution >= 0.6 is 11.3 Å². The molecule has 0 bridgehead atoms. The highest BCUT2D eigenvalue weighted by molar-refractivity contribution is 7.14. The van der Waals surface area contributed by atoms with E-state index in [1.807, 2.05) is 5.38 Å². The molecule has 0 aliphatic carbocycles. The van der Waals surface area contributed by atoms with Crippen LogP contribution in [0.25, 0.3) is 0 Å². The second-order valence-electron chi connectivity index (χ2n) is 4.89. The predicted octanol–water partition coefficient (Wildman–Crippen LogP) is 2.27. The van der Waals surface area contributed by atoms with Gasteiger partial charge in [0, 0.05) is 36.3 Å². The Morgan fingerprint density at radius 2 is 2.24 bits per heavy atom. The van der Waals surface area contributed by atoms with E-state index in [0.29, 0.717) is 22.4 Å². The molecule has 0 unspecified atom stereocenters. The van der Waals surface area contributed by atoms with Crippen LogP contribution in [0.3, 0.4) is 0 Å². The molecule has 3 N–H and O–H groups in total. The van der Waals surface area contributed by atoms with Gasteiger partial charge in [0.25, 0.3) is 5.91 Å². The maximum atomic E-state index is 12.1. The molecule has 2 aromatic rings. The van der Waals surface area contributed by atoms with Gasteiger partial charge in [-0.15, -0.1) is 11.3 Å². The second kappa shape index (κ2) is 6.19. The largest absolute Gasteiger partial charge is 0.384 e. The van der Waals surface area contributed by atoms with Crippen LogP contribution in [0.4, 0.5) is 10.9 Å². The van der Waals surface area contributed by atoms with Crippen LogP contribution in [0.1, 0.15) is 34.8 Å². The average Bonchev–Trinajstić information content (AvgIpc) is 2.97. The molecule has 3 heterocycles. The van der Waals surface area contributed by atoms with Crippen molar-refractivity contribution >= 4 is 28.2 Å². The van der Waals surface area contributed by atoms with Gasteiger partial charge in [-0.05, 0) is 25.0 Å². The first kappa shape index (κ1) is 14.0. The Kier molecular flexibility index (Phi) is 4.12. The van der Waals surface area contributed by atoms with Crippen molar-refractivity contribution in [1.82, 2.24) is 9.97 Å². The number of hydrogen-bond acceptors (Lipinski definition) is 6. The maximum absolute atomic E-state index is 12.1. The minimum Gasteiger partial charge on any atom is -0.384 e. The van der Waals surface area contributed by atoms with Gasteiger partial charge in [0.15, 0.2) is 5.13 Å². The van der Waals surface area contributed by atoms with Gasteiger partial charge in [0.1, 0.15) is 5.82 Å². The molecule has 1 aliphatic heterocycles. The van der Waals surface area contributed by atoms with Gasteiger partial charge in [-0.1, -0.05) is 0 Å². The number of thiazole rings is 1. The zero-order valence-corrected chi connectivity index (χ0v) is 12.2. The molecule has 7 heteroatoms. The number of nitrogens with zero attached hydrogens (tertiary/aromatic N) is 2. The highest BCUT2D eigenvalue weighted by Crippen LogP contribution is 2.29. The van der Waals surface area contributed by atoms with Gasteiger partial charge in [0.2, 0.25) is 0 Å². The first-order valence-corrected chi connectivity index (χ1v) is 7.66. The summed E-state index contributed by atoms with van der Waals surface area (Å²) in [5.74, 6) is 0.527. The number of pyridine rings is 1. The zero-order chi connectivity index (χ0) is 14.7. The van der Waals surface area contributed by atoms with Gasteiger partial charge >= 0.3 is 0 Å². The fourth-order valence-corrected chi connectivity index (χ4v) is 3.07. The lowest BCUT2D eigenvalue weighted by atomic mass is 9.98. The van der Waals surface area contributed by atoms with Crippen molar-refractivity contribution in [2.24, 2.45) is 0 Å². The molecular formula is C14H16N4O2S. The molecule has 3 rings (SSSR count). The number of nitrogens with one attached hydrogen (secondary N) is 1. The van der Waals surface area contributed by atoms with E-state index in [4.69, 9.17) is 10.5 Å². The lowest BCUT2D eigenvalue weighted by molar-refractivity contribution is 0.0846. The smallest absolute Gasteiger partial charge is 0.257 e. The van der Waals surface area contributed by atoms with E-state index < -0.39 is 0 Å². The van der Waals surface area contributed by atoms with Crippen molar-refractivity contribution < 1.29 is 9.53 Å². The summed E-state index contributed by atoms with van der Waals surface area (Å²) in [5, 5.41) is 5.41. The quantitative estimate of drug-likeness (QED) is 0.907. The van der Waals surface area contributed by atoms with E-state index in [1.54, 1.807) is 12.1 Å². The third-order valence-corrected chi connectivity index (χ3v) is 4.20. The Morgan fingerprint density at radius 3 is 3.00 bits per heavy atom. The molecular weight excluding hydrogens is 288 g/mol. The predicted molar refractivity (Wildman–Crippen MR) is 81.5 cm³/mol. The van der Waals surface area contributed by atoms with Crippen LogP contribution in [0.5, 0.6) is 0 Å². The van der Waals surface area contributed by atoms with E-state index in [0.717, 1.165) is 31.7 Å². The maximum Gasteiger partial charge on any atom is 0.257 e. The number of amides is 1. The van der Waals surface area contributed by atoms with Crippen LogP contribution in [0.15, 0.2) is 23.7 Å². The first-order chi connectivity index (χ1) is 10.2. The summed E-state index contributed by atoms with van der Waals surface area (Å²) < 4.78 is 5.35. The van der Waals surface area contributed by atoms with Crippen LogP contribution in [0, 0.1) is 0 Å². The summed E-state index contributed by atoms with van der Waals surface area (Å²) in [6, 6.07) is 3.17. The Hall–Kier alpha value is -1.99.